The largest absolute Gasteiger partial charge is 0.387 e. The van der Waals surface area contributed by atoms with E-state index in [1.807, 2.05) is 20.8 Å². The number of anilines is 1. The summed E-state index contributed by atoms with van der Waals surface area (Å²) < 4.78 is 0. The zero-order valence-electron chi connectivity index (χ0n) is 9.36. The monoisotopic (exact) mass is 210 g/mol. The van der Waals surface area contributed by atoms with Gasteiger partial charge in [0.05, 0.1) is 6.10 Å². The minimum absolute atomic E-state index is 0.0182. The molecule has 1 aromatic rings. The number of aliphatic hydroxyl groups is 1. The molecule has 0 saturated heterocycles. The molecule has 0 spiro atoms. The van der Waals surface area contributed by atoms with Crippen LogP contribution in [-0.4, -0.2) is 27.2 Å². The van der Waals surface area contributed by atoms with Crippen LogP contribution < -0.4 is 11.1 Å². The maximum atomic E-state index is 9.79. The molecule has 0 aliphatic carbocycles. The van der Waals surface area contributed by atoms with E-state index in [4.69, 9.17) is 5.73 Å². The Morgan fingerprint density at radius 3 is 2.40 bits per heavy atom. The van der Waals surface area contributed by atoms with Crippen LogP contribution in [0.25, 0.3) is 0 Å². The van der Waals surface area contributed by atoms with Crippen LogP contribution in [0.4, 0.5) is 5.95 Å². The summed E-state index contributed by atoms with van der Waals surface area (Å²) in [5, 5.41) is 13.0. The van der Waals surface area contributed by atoms with E-state index < -0.39 is 6.10 Å². The molecule has 15 heavy (non-hydrogen) atoms. The van der Waals surface area contributed by atoms with Gasteiger partial charge >= 0.3 is 0 Å². The molecule has 4 N–H and O–H groups in total. The average Bonchev–Trinajstić information content (AvgIpc) is 2.14. The quantitative estimate of drug-likeness (QED) is 0.675. The standard InChI is InChI=1S/C10H18N4O/c1-10(2,3)14-6-8(15)7-4-12-9(11)13-5-7/h4-5,8,14-15H,6H2,1-3H3,(H2,11,12,13)/t8-/m0/s1. The van der Waals surface area contributed by atoms with E-state index in [2.05, 4.69) is 15.3 Å². The molecule has 0 aliphatic rings. The van der Waals surface area contributed by atoms with Crippen molar-refractivity contribution in [1.82, 2.24) is 15.3 Å². The van der Waals surface area contributed by atoms with Crippen molar-refractivity contribution in [2.24, 2.45) is 0 Å². The molecule has 1 aromatic heterocycles. The fourth-order valence-corrected chi connectivity index (χ4v) is 1.04. The molecular formula is C10H18N4O. The number of rotatable bonds is 3. The van der Waals surface area contributed by atoms with Gasteiger partial charge in [0.2, 0.25) is 5.95 Å². The van der Waals surface area contributed by atoms with Gasteiger partial charge in [0, 0.05) is 30.0 Å². The van der Waals surface area contributed by atoms with Crippen molar-refractivity contribution in [3.8, 4) is 0 Å². The highest BCUT2D eigenvalue weighted by atomic mass is 16.3. The lowest BCUT2D eigenvalue weighted by molar-refractivity contribution is 0.162. The van der Waals surface area contributed by atoms with Crippen LogP contribution in [-0.2, 0) is 0 Å². The molecule has 0 fully saturated rings. The molecule has 5 nitrogen and oxygen atoms in total. The molecule has 0 saturated carbocycles. The number of hydrogen-bond acceptors (Lipinski definition) is 5. The number of aromatic nitrogens is 2. The van der Waals surface area contributed by atoms with E-state index in [-0.39, 0.29) is 11.5 Å². The molecule has 0 aromatic carbocycles. The molecule has 84 valence electrons. The van der Waals surface area contributed by atoms with Crippen molar-refractivity contribution in [3.05, 3.63) is 18.0 Å². The Morgan fingerprint density at radius 2 is 1.93 bits per heavy atom. The predicted octanol–water partition coefficient (Wildman–Crippen LogP) is 0.480. The van der Waals surface area contributed by atoms with Gasteiger partial charge in [0.15, 0.2) is 0 Å². The number of hydrogen-bond donors (Lipinski definition) is 3. The Balaban J connectivity index is 2.54. The highest BCUT2D eigenvalue weighted by Crippen LogP contribution is 2.11. The first-order valence-electron chi connectivity index (χ1n) is 4.89. The van der Waals surface area contributed by atoms with E-state index in [9.17, 15) is 5.11 Å². The van der Waals surface area contributed by atoms with Gasteiger partial charge in [-0.1, -0.05) is 0 Å². The third kappa shape index (κ3) is 4.22. The highest BCUT2D eigenvalue weighted by molar-refractivity contribution is 5.18. The number of nitrogen functional groups attached to an aromatic ring is 1. The normalized spacial score (nSPS) is 13.9. The third-order valence-electron chi connectivity index (χ3n) is 1.90. The number of nitrogens with zero attached hydrogens (tertiary/aromatic N) is 2. The average molecular weight is 210 g/mol. The van der Waals surface area contributed by atoms with Crippen LogP contribution in [0.15, 0.2) is 12.4 Å². The number of β-amino-alcohol motifs (C(OH)–C–C–N with tert-alkyl or cyclic N) is 1. The molecule has 0 unspecified atom stereocenters. The number of nitrogens with one attached hydrogen (secondary N) is 1. The summed E-state index contributed by atoms with van der Waals surface area (Å²) in [5.74, 6) is 0.217. The van der Waals surface area contributed by atoms with E-state index >= 15 is 0 Å². The number of nitrogens with two attached hydrogens (primary N) is 1. The fraction of sp³-hybridized carbons (Fsp3) is 0.600. The lowest BCUT2D eigenvalue weighted by Crippen LogP contribution is -2.38. The second kappa shape index (κ2) is 4.55. The zero-order valence-corrected chi connectivity index (χ0v) is 9.36. The first kappa shape index (κ1) is 11.9. The summed E-state index contributed by atoms with van der Waals surface area (Å²) >= 11 is 0. The van der Waals surface area contributed by atoms with Crippen LogP contribution in [0.1, 0.15) is 32.4 Å². The lowest BCUT2D eigenvalue weighted by Gasteiger charge is -2.22. The van der Waals surface area contributed by atoms with E-state index in [1.165, 1.54) is 12.4 Å². The summed E-state index contributed by atoms with van der Waals surface area (Å²) in [5.41, 5.74) is 6.00. The van der Waals surface area contributed by atoms with Crippen LogP contribution in [0, 0.1) is 0 Å². The van der Waals surface area contributed by atoms with E-state index in [0.29, 0.717) is 12.1 Å². The lowest BCUT2D eigenvalue weighted by atomic mass is 10.1. The van der Waals surface area contributed by atoms with Gasteiger partial charge in [-0.25, -0.2) is 9.97 Å². The molecule has 1 atom stereocenters. The van der Waals surface area contributed by atoms with Gasteiger partial charge in [-0.15, -0.1) is 0 Å². The molecule has 0 bridgehead atoms. The van der Waals surface area contributed by atoms with E-state index in [0.717, 1.165) is 0 Å². The molecule has 1 rings (SSSR count). The van der Waals surface area contributed by atoms with Gasteiger partial charge in [0.1, 0.15) is 0 Å². The van der Waals surface area contributed by atoms with Crippen molar-refractivity contribution in [2.45, 2.75) is 32.4 Å². The smallest absolute Gasteiger partial charge is 0.219 e. The van der Waals surface area contributed by atoms with Gasteiger partial charge in [-0.2, -0.15) is 0 Å². The molecule has 0 amide bonds. The van der Waals surface area contributed by atoms with Crippen LogP contribution >= 0.6 is 0 Å². The highest BCUT2D eigenvalue weighted by Gasteiger charge is 2.13. The Hall–Kier alpha value is -1.20. The minimum atomic E-state index is -0.607. The van der Waals surface area contributed by atoms with Crippen molar-refractivity contribution < 1.29 is 5.11 Å². The molecule has 0 radical (unpaired) electrons. The Morgan fingerprint density at radius 1 is 1.40 bits per heavy atom. The molecule has 0 aliphatic heterocycles. The van der Waals surface area contributed by atoms with E-state index in [1.54, 1.807) is 0 Å². The maximum absolute atomic E-state index is 9.79. The first-order valence-corrected chi connectivity index (χ1v) is 4.89. The third-order valence-corrected chi connectivity index (χ3v) is 1.90. The topological polar surface area (TPSA) is 84.1 Å². The second-order valence-corrected chi connectivity index (χ2v) is 4.52. The Bertz CT molecular complexity index is 304. The Kier molecular flexibility index (Phi) is 3.60. The van der Waals surface area contributed by atoms with Gasteiger partial charge in [-0.05, 0) is 20.8 Å². The summed E-state index contributed by atoms with van der Waals surface area (Å²) in [6.07, 6.45) is 2.47. The number of aliphatic hydroxyl groups excluding tert-OH is 1. The van der Waals surface area contributed by atoms with Crippen LogP contribution in [0.2, 0.25) is 0 Å². The summed E-state index contributed by atoms with van der Waals surface area (Å²) in [6, 6.07) is 0. The maximum Gasteiger partial charge on any atom is 0.219 e. The Labute approximate surface area is 89.7 Å². The first-order chi connectivity index (χ1) is 6.88. The molecular weight excluding hydrogens is 192 g/mol. The zero-order chi connectivity index (χ0) is 11.5. The summed E-state index contributed by atoms with van der Waals surface area (Å²) in [4.78, 5) is 7.65. The second-order valence-electron chi connectivity index (χ2n) is 4.52. The van der Waals surface area contributed by atoms with Gasteiger partial charge < -0.3 is 16.2 Å². The van der Waals surface area contributed by atoms with Crippen molar-refractivity contribution in [2.75, 3.05) is 12.3 Å². The van der Waals surface area contributed by atoms with Crippen LogP contribution in [0.5, 0.6) is 0 Å². The summed E-state index contributed by atoms with van der Waals surface area (Å²) in [7, 11) is 0. The van der Waals surface area contributed by atoms with Gasteiger partial charge in [-0.3, -0.25) is 0 Å². The van der Waals surface area contributed by atoms with Crippen molar-refractivity contribution >= 4 is 5.95 Å². The predicted molar refractivity (Wildman–Crippen MR) is 59.2 cm³/mol. The summed E-state index contributed by atoms with van der Waals surface area (Å²) in [6.45, 7) is 6.59. The SMILES string of the molecule is CC(C)(C)NC[C@H](O)c1cnc(N)nc1. The fourth-order valence-electron chi connectivity index (χ4n) is 1.04. The molecule has 1 heterocycles. The van der Waals surface area contributed by atoms with Gasteiger partial charge in [0.25, 0.3) is 0 Å². The molecule has 5 heteroatoms. The van der Waals surface area contributed by atoms with Crippen LogP contribution in [0.3, 0.4) is 0 Å². The minimum Gasteiger partial charge on any atom is -0.387 e. The van der Waals surface area contributed by atoms with Crippen molar-refractivity contribution in [3.63, 3.8) is 0 Å². The van der Waals surface area contributed by atoms with Crippen molar-refractivity contribution in [1.29, 1.82) is 0 Å².